The van der Waals surface area contributed by atoms with Crippen LogP contribution in [0.2, 0.25) is 0 Å². The maximum atomic E-state index is 12.7. The fourth-order valence-corrected chi connectivity index (χ4v) is 3.04. The second-order valence-electron chi connectivity index (χ2n) is 7.28. The van der Waals surface area contributed by atoms with E-state index >= 15 is 0 Å². The molecule has 0 spiro atoms. The van der Waals surface area contributed by atoms with Crippen LogP contribution in [-0.2, 0) is 24.0 Å². The number of carboxylic acid groups (broad SMARTS) is 1. The first kappa shape index (κ1) is 24.3. The SMILES string of the molecule is CC(C)C(NC(=O)C1CCCN1C(=O)C(CO)NC(=O)C(N)CC(N)=O)C(=O)O. The molecule has 1 fully saturated rings. The zero-order chi connectivity index (χ0) is 22.3. The highest BCUT2D eigenvalue weighted by Crippen LogP contribution is 2.19. The zero-order valence-corrected chi connectivity index (χ0v) is 16.5. The van der Waals surface area contributed by atoms with Crippen molar-refractivity contribution < 1.29 is 34.2 Å². The summed E-state index contributed by atoms with van der Waals surface area (Å²) >= 11 is 0. The van der Waals surface area contributed by atoms with Gasteiger partial charge >= 0.3 is 5.97 Å². The number of carbonyl (C=O) groups is 5. The zero-order valence-electron chi connectivity index (χ0n) is 16.5. The third-order valence-electron chi connectivity index (χ3n) is 4.62. The van der Waals surface area contributed by atoms with E-state index in [1.165, 1.54) is 4.90 Å². The fraction of sp³-hybridized carbons (Fsp3) is 0.706. The number of aliphatic hydroxyl groups excluding tert-OH is 1. The lowest BCUT2D eigenvalue weighted by Crippen LogP contribution is -2.58. The molecule has 0 radical (unpaired) electrons. The number of likely N-dealkylation sites (tertiary alicyclic amines) is 1. The number of carboxylic acids is 1. The Morgan fingerprint density at radius 1 is 1.17 bits per heavy atom. The Labute approximate surface area is 168 Å². The van der Waals surface area contributed by atoms with Gasteiger partial charge < -0.3 is 37.2 Å². The van der Waals surface area contributed by atoms with E-state index in [0.29, 0.717) is 12.8 Å². The standard InChI is InChI=1S/C17H29N5O7/c1-8(2)13(17(28)29)21-15(26)11-4-3-5-22(11)16(27)10(7-23)20-14(25)9(18)6-12(19)24/h8-11,13,23H,3-7,18H2,1-2H3,(H2,19,24)(H,20,25)(H,21,26)(H,28,29). The highest BCUT2D eigenvalue weighted by molar-refractivity contribution is 5.95. The molecule has 4 atom stereocenters. The molecule has 1 heterocycles. The van der Waals surface area contributed by atoms with E-state index in [1.54, 1.807) is 13.8 Å². The Bertz CT molecular complexity index is 654. The van der Waals surface area contributed by atoms with Crippen LogP contribution in [0.25, 0.3) is 0 Å². The molecule has 1 rings (SSSR count). The molecule has 1 aliphatic rings. The van der Waals surface area contributed by atoms with E-state index < -0.39 is 66.8 Å². The van der Waals surface area contributed by atoms with Crippen LogP contribution in [0.15, 0.2) is 0 Å². The van der Waals surface area contributed by atoms with Crippen molar-refractivity contribution in [3.63, 3.8) is 0 Å². The van der Waals surface area contributed by atoms with Gasteiger partial charge in [0.05, 0.1) is 19.1 Å². The summed E-state index contributed by atoms with van der Waals surface area (Å²) in [5.74, 6) is -4.52. The van der Waals surface area contributed by atoms with Crippen LogP contribution in [0.3, 0.4) is 0 Å². The van der Waals surface area contributed by atoms with E-state index in [0.717, 1.165) is 0 Å². The first-order valence-corrected chi connectivity index (χ1v) is 9.28. The molecule has 12 nitrogen and oxygen atoms in total. The van der Waals surface area contributed by atoms with Crippen LogP contribution in [0.4, 0.5) is 0 Å². The number of carbonyl (C=O) groups excluding carboxylic acids is 4. The van der Waals surface area contributed by atoms with Gasteiger partial charge in [0.25, 0.3) is 0 Å². The average Bonchev–Trinajstić information content (AvgIpc) is 3.11. The number of nitrogens with zero attached hydrogens (tertiary/aromatic N) is 1. The number of nitrogens with one attached hydrogen (secondary N) is 2. The first-order valence-electron chi connectivity index (χ1n) is 9.28. The number of aliphatic hydroxyl groups is 1. The molecule has 0 bridgehead atoms. The average molecular weight is 415 g/mol. The molecule has 29 heavy (non-hydrogen) atoms. The van der Waals surface area contributed by atoms with Gasteiger partial charge in [0.2, 0.25) is 23.6 Å². The predicted molar refractivity (Wildman–Crippen MR) is 99.9 cm³/mol. The third kappa shape index (κ3) is 6.68. The van der Waals surface area contributed by atoms with Crippen molar-refractivity contribution in [2.24, 2.45) is 17.4 Å². The smallest absolute Gasteiger partial charge is 0.326 e. The third-order valence-corrected chi connectivity index (χ3v) is 4.62. The monoisotopic (exact) mass is 415 g/mol. The van der Waals surface area contributed by atoms with Gasteiger partial charge in [0, 0.05) is 6.54 Å². The van der Waals surface area contributed by atoms with Gasteiger partial charge in [-0.2, -0.15) is 0 Å². The normalized spacial score (nSPS) is 19.3. The molecule has 4 amide bonds. The number of hydrogen-bond donors (Lipinski definition) is 6. The molecule has 0 aromatic heterocycles. The number of amides is 4. The Kier molecular flexibility index (Phi) is 8.98. The molecule has 0 saturated carbocycles. The number of primary amides is 1. The van der Waals surface area contributed by atoms with Crippen LogP contribution in [0, 0.1) is 5.92 Å². The Morgan fingerprint density at radius 3 is 2.28 bits per heavy atom. The molecular weight excluding hydrogens is 386 g/mol. The second-order valence-corrected chi connectivity index (χ2v) is 7.28. The second kappa shape index (κ2) is 10.7. The van der Waals surface area contributed by atoms with Crippen LogP contribution in [0.1, 0.15) is 33.1 Å². The maximum absolute atomic E-state index is 12.7. The molecule has 12 heteroatoms. The molecule has 164 valence electrons. The largest absolute Gasteiger partial charge is 0.480 e. The Balaban J connectivity index is 2.84. The van der Waals surface area contributed by atoms with Crippen molar-refractivity contribution in [2.75, 3.05) is 13.2 Å². The summed E-state index contributed by atoms with van der Waals surface area (Å²) in [5.41, 5.74) is 10.5. The van der Waals surface area contributed by atoms with Crippen molar-refractivity contribution in [3.8, 4) is 0 Å². The highest BCUT2D eigenvalue weighted by Gasteiger charge is 2.39. The van der Waals surface area contributed by atoms with E-state index in [-0.39, 0.29) is 12.5 Å². The minimum atomic E-state index is -1.37. The summed E-state index contributed by atoms with van der Waals surface area (Å²) in [6.45, 7) is 2.74. The van der Waals surface area contributed by atoms with Gasteiger partial charge in [-0.15, -0.1) is 0 Å². The number of hydrogen-bond acceptors (Lipinski definition) is 7. The van der Waals surface area contributed by atoms with Crippen molar-refractivity contribution in [3.05, 3.63) is 0 Å². The summed E-state index contributed by atoms with van der Waals surface area (Å²) in [6, 6.07) is -4.68. The molecule has 4 unspecified atom stereocenters. The predicted octanol–water partition coefficient (Wildman–Crippen LogP) is -3.12. The lowest BCUT2D eigenvalue weighted by Gasteiger charge is -2.29. The van der Waals surface area contributed by atoms with Crippen LogP contribution >= 0.6 is 0 Å². The van der Waals surface area contributed by atoms with Gasteiger partial charge in [0.15, 0.2) is 0 Å². The number of aliphatic carboxylic acids is 1. The van der Waals surface area contributed by atoms with E-state index in [1.807, 2.05) is 0 Å². The maximum Gasteiger partial charge on any atom is 0.326 e. The quantitative estimate of drug-likeness (QED) is 0.215. The minimum Gasteiger partial charge on any atom is -0.480 e. The molecular formula is C17H29N5O7. The van der Waals surface area contributed by atoms with Gasteiger partial charge in [-0.1, -0.05) is 13.8 Å². The summed E-state index contributed by atoms with van der Waals surface area (Å²) < 4.78 is 0. The first-order chi connectivity index (χ1) is 13.5. The molecule has 0 aromatic rings. The highest BCUT2D eigenvalue weighted by atomic mass is 16.4. The molecule has 8 N–H and O–H groups in total. The van der Waals surface area contributed by atoms with E-state index in [9.17, 15) is 34.2 Å². The molecule has 1 aliphatic heterocycles. The lowest BCUT2D eigenvalue weighted by molar-refractivity contribution is -0.146. The van der Waals surface area contributed by atoms with Gasteiger partial charge in [-0.3, -0.25) is 19.2 Å². The topological polar surface area (TPSA) is 205 Å². The van der Waals surface area contributed by atoms with Crippen LogP contribution in [-0.4, -0.2) is 82.0 Å². The summed E-state index contributed by atoms with van der Waals surface area (Å²) in [7, 11) is 0. The summed E-state index contributed by atoms with van der Waals surface area (Å²) in [4.78, 5) is 60.7. The van der Waals surface area contributed by atoms with Crippen LogP contribution in [0.5, 0.6) is 0 Å². The van der Waals surface area contributed by atoms with E-state index in [2.05, 4.69) is 10.6 Å². The molecule has 0 aliphatic carbocycles. The van der Waals surface area contributed by atoms with Gasteiger partial charge in [-0.05, 0) is 18.8 Å². The fourth-order valence-electron chi connectivity index (χ4n) is 3.04. The summed E-state index contributed by atoms with van der Waals surface area (Å²) in [5, 5.41) is 23.4. The lowest BCUT2D eigenvalue weighted by atomic mass is 10.0. The van der Waals surface area contributed by atoms with Crippen molar-refractivity contribution >= 4 is 29.6 Å². The minimum absolute atomic E-state index is 0.204. The Morgan fingerprint density at radius 2 is 1.79 bits per heavy atom. The van der Waals surface area contributed by atoms with Crippen LogP contribution < -0.4 is 22.1 Å². The van der Waals surface area contributed by atoms with Gasteiger partial charge in [0.1, 0.15) is 18.1 Å². The van der Waals surface area contributed by atoms with Gasteiger partial charge in [-0.25, -0.2) is 4.79 Å². The molecule has 1 saturated heterocycles. The molecule has 0 aromatic carbocycles. The number of nitrogens with two attached hydrogens (primary N) is 2. The summed E-state index contributed by atoms with van der Waals surface area (Å²) in [6.07, 6.45) is 0.379. The van der Waals surface area contributed by atoms with Crippen molar-refractivity contribution in [2.45, 2.75) is 57.3 Å². The van der Waals surface area contributed by atoms with Crippen molar-refractivity contribution in [1.29, 1.82) is 0 Å². The Hall–Kier alpha value is -2.73. The number of rotatable bonds is 10. The van der Waals surface area contributed by atoms with Crippen molar-refractivity contribution in [1.82, 2.24) is 15.5 Å². The van der Waals surface area contributed by atoms with E-state index in [4.69, 9.17) is 11.5 Å².